The first-order valence-corrected chi connectivity index (χ1v) is 8.41. The van der Waals surface area contributed by atoms with Crippen molar-refractivity contribution in [2.24, 2.45) is 4.99 Å². The van der Waals surface area contributed by atoms with Crippen LogP contribution in [0.4, 0.5) is 4.39 Å². The second kappa shape index (κ2) is 6.13. The van der Waals surface area contributed by atoms with E-state index in [0.29, 0.717) is 5.69 Å². The first-order chi connectivity index (χ1) is 11.7. The smallest absolute Gasteiger partial charge is 0.201 e. The van der Waals surface area contributed by atoms with Crippen LogP contribution in [0.15, 0.2) is 71.3 Å². The van der Waals surface area contributed by atoms with Gasteiger partial charge >= 0.3 is 0 Å². The van der Waals surface area contributed by atoms with Crippen LogP contribution in [0.1, 0.15) is 22.1 Å². The molecule has 3 heterocycles. The first kappa shape index (κ1) is 15.0. The second-order valence-electron chi connectivity index (χ2n) is 5.52. The van der Waals surface area contributed by atoms with Crippen LogP contribution in [0.25, 0.3) is 0 Å². The van der Waals surface area contributed by atoms with Crippen molar-refractivity contribution in [1.82, 2.24) is 9.88 Å². The molecule has 2 aliphatic heterocycles. The van der Waals surface area contributed by atoms with Gasteiger partial charge < -0.3 is 9.88 Å². The molecule has 0 fully saturated rings. The number of H-pyrrole nitrogens is 1. The molecule has 2 aromatic rings. The number of benzene rings is 1. The van der Waals surface area contributed by atoms with Crippen LogP contribution >= 0.6 is 11.8 Å². The van der Waals surface area contributed by atoms with Crippen molar-refractivity contribution < 1.29 is 9.18 Å². The molecule has 0 aliphatic carbocycles. The number of carbonyl (C=O) groups excluding carboxylic acids is 1. The van der Waals surface area contributed by atoms with E-state index in [9.17, 15) is 9.18 Å². The van der Waals surface area contributed by atoms with Gasteiger partial charge in [0.1, 0.15) is 11.9 Å². The van der Waals surface area contributed by atoms with Crippen molar-refractivity contribution in [3.63, 3.8) is 0 Å². The Labute approximate surface area is 142 Å². The lowest BCUT2D eigenvalue weighted by Crippen LogP contribution is -2.28. The SMILES string of the molecule is O=C(/C=C/C1C(c2ccc(F)cc2)N=C2SC=CN21)c1ccc[nH]1. The van der Waals surface area contributed by atoms with Crippen molar-refractivity contribution in [1.29, 1.82) is 0 Å². The Balaban J connectivity index is 1.62. The number of carbonyl (C=O) groups is 1. The fourth-order valence-corrected chi connectivity index (χ4v) is 3.63. The molecule has 2 aliphatic rings. The van der Waals surface area contributed by atoms with Crippen molar-refractivity contribution in [3.05, 3.63) is 83.4 Å². The van der Waals surface area contributed by atoms with Gasteiger partial charge in [0.25, 0.3) is 0 Å². The molecule has 0 saturated carbocycles. The lowest BCUT2D eigenvalue weighted by molar-refractivity contribution is 0.104. The summed E-state index contributed by atoms with van der Waals surface area (Å²) in [4.78, 5) is 21.9. The molecule has 0 radical (unpaired) electrons. The summed E-state index contributed by atoms with van der Waals surface area (Å²) in [5, 5.41) is 2.86. The van der Waals surface area contributed by atoms with E-state index in [1.165, 1.54) is 12.1 Å². The van der Waals surface area contributed by atoms with Crippen molar-refractivity contribution in [3.8, 4) is 0 Å². The maximum absolute atomic E-state index is 13.2. The normalized spacial score (nSPS) is 22.2. The van der Waals surface area contributed by atoms with E-state index in [1.807, 2.05) is 22.6 Å². The maximum atomic E-state index is 13.2. The topological polar surface area (TPSA) is 48.5 Å². The van der Waals surface area contributed by atoms with Gasteiger partial charge in [-0.15, -0.1) is 0 Å². The number of halogens is 1. The summed E-state index contributed by atoms with van der Waals surface area (Å²) >= 11 is 1.55. The number of nitrogens with zero attached hydrogens (tertiary/aromatic N) is 2. The third kappa shape index (κ3) is 2.69. The number of fused-ring (bicyclic) bond motifs is 1. The van der Waals surface area contributed by atoms with E-state index in [0.717, 1.165) is 10.7 Å². The van der Waals surface area contributed by atoms with E-state index in [1.54, 1.807) is 48.3 Å². The molecule has 1 aromatic carbocycles. The Morgan fingerprint density at radius 1 is 1.29 bits per heavy atom. The predicted molar refractivity (Wildman–Crippen MR) is 93.2 cm³/mol. The average molecular weight is 339 g/mol. The van der Waals surface area contributed by atoms with Crippen LogP contribution in [-0.4, -0.2) is 26.9 Å². The quantitative estimate of drug-likeness (QED) is 0.679. The second-order valence-corrected chi connectivity index (χ2v) is 6.39. The zero-order chi connectivity index (χ0) is 16.5. The summed E-state index contributed by atoms with van der Waals surface area (Å²) in [7, 11) is 0. The lowest BCUT2D eigenvalue weighted by Gasteiger charge is -2.22. The fourth-order valence-electron chi connectivity index (χ4n) is 2.84. The Morgan fingerprint density at radius 3 is 2.88 bits per heavy atom. The molecule has 0 saturated heterocycles. The number of rotatable bonds is 4. The number of hydrogen-bond acceptors (Lipinski definition) is 4. The summed E-state index contributed by atoms with van der Waals surface area (Å²) in [6, 6.07) is 9.63. The van der Waals surface area contributed by atoms with Crippen LogP contribution in [-0.2, 0) is 0 Å². The molecule has 0 bridgehead atoms. The summed E-state index contributed by atoms with van der Waals surface area (Å²) < 4.78 is 13.2. The minimum Gasteiger partial charge on any atom is -0.359 e. The van der Waals surface area contributed by atoms with Crippen LogP contribution < -0.4 is 0 Å². The molecule has 4 nitrogen and oxygen atoms in total. The van der Waals surface area contributed by atoms with Gasteiger partial charge in [0.2, 0.25) is 5.78 Å². The molecule has 6 heteroatoms. The number of ketones is 1. The van der Waals surface area contributed by atoms with Gasteiger partial charge in [-0.1, -0.05) is 30.0 Å². The van der Waals surface area contributed by atoms with Crippen LogP contribution in [0.2, 0.25) is 0 Å². The number of nitrogens with one attached hydrogen (secondary N) is 1. The van der Waals surface area contributed by atoms with E-state index in [-0.39, 0.29) is 23.7 Å². The maximum Gasteiger partial charge on any atom is 0.201 e. The zero-order valence-electron chi connectivity index (χ0n) is 12.6. The Hall–Kier alpha value is -2.60. The molecule has 2 atom stereocenters. The molecular weight excluding hydrogens is 325 g/mol. The standard InChI is InChI=1S/C18H14FN3OS/c19-13-5-3-12(4-6-13)17-15(22-10-11-24-18(22)21-17)7-8-16(23)14-2-1-9-20-14/h1-11,15,17,20H/b8-7+. The summed E-state index contributed by atoms with van der Waals surface area (Å²) in [6.07, 6.45) is 7.12. The van der Waals surface area contributed by atoms with E-state index >= 15 is 0 Å². The van der Waals surface area contributed by atoms with Gasteiger partial charge in [0.05, 0.1) is 11.7 Å². The summed E-state index contributed by atoms with van der Waals surface area (Å²) in [6.45, 7) is 0. The van der Waals surface area contributed by atoms with Crippen molar-refractivity contribution in [2.45, 2.75) is 12.1 Å². The average Bonchev–Trinajstić information content (AvgIpc) is 3.31. The van der Waals surface area contributed by atoms with Gasteiger partial charge in [-0.3, -0.25) is 9.79 Å². The molecule has 4 rings (SSSR count). The molecule has 2 unspecified atom stereocenters. The first-order valence-electron chi connectivity index (χ1n) is 7.53. The molecule has 1 aromatic heterocycles. The third-order valence-electron chi connectivity index (χ3n) is 4.03. The number of hydrogen-bond donors (Lipinski definition) is 1. The van der Waals surface area contributed by atoms with Gasteiger partial charge in [-0.05, 0) is 41.3 Å². The molecule has 0 spiro atoms. The molecular formula is C18H14FN3OS. The van der Waals surface area contributed by atoms with Crippen LogP contribution in [0, 0.1) is 5.82 Å². The van der Waals surface area contributed by atoms with E-state index in [4.69, 9.17) is 4.99 Å². The third-order valence-corrected chi connectivity index (χ3v) is 4.81. The Bertz CT molecular complexity index is 840. The lowest BCUT2D eigenvalue weighted by atomic mass is 9.99. The number of amidine groups is 1. The number of aromatic nitrogens is 1. The van der Waals surface area contributed by atoms with Gasteiger partial charge in [0, 0.05) is 12.4 Å². The molecule has 0 amide bonds. The number of allylic oxidation sites excluding steroid dienone is 1. The largest absolute Gasteiger partial charge is 0.359 e. The Kier molecular flexibility index (Phi) is 3.82. The van der Waals surface area contributed by atoms with Gasteiger partial charge in [-0.25, -0.2) is 4.39 Å². The fraction of sp³-hybridized carbons (Fsp3) is 0.111. The number of aliphatic imine (C=N–C) groups is 1. The summed E-state index contributed by atoms with van der Waals surface area (Å²) in [5.41, 5.74) is 1.48. The number of aromatic amines is 1. The van der Waals surface area contributed by atoms with Crippen LogP contribution in [0.3, 0.4) is 0 Å². The summed E-state index contributed by atoms with van der Waals surface area (Å²) in [5.74, 6) is -0.352. The van der Waals surface area contributed by atoms with Gasteiger partial charge in [0.15, 0.2) is 5.17 Å². The number of thioether (sulfide) groups is 1. The highest BCUT2D eigenvalue weighted by Gasteiger charge is 2.36. The molecule has 120 valence electrons. The molecule has 1 N–H and O–H groups in total. The highest BCUT2D eigenvalue weighted by molar-refractivity contribution is 8.16. The van der Waals surface area contributed by atoms with Crippen molar-refractivity contribution in [2.75, 3.05) is 0 Å². The van der Waals surface area contributed by atoms with Crippen LogP contribution in [0.5, 0.6) is 0 Å². The van der Waals surface area contributed by atoms with Gasteiger partial charge in [-0.2, -0.15) is 0 Å². The van der Waals surface area contributed by atoms with E-state index in [2.05, 4.69) is 4.98 Å². The Morgan fingerprint density at radius 2 is 2.12 bits per heavy atom. The molecule has 24 heavy (non-hydrogen) atoms. The zero-order valence-corrected chi connectivity index (χ0v) is 13.4. The highest BCUT2D eigenvalue weighted by atomic mass is 32.2. The minimum atomic E-state index is -0.270. The van der Waals surface area contributed by atoms with Crippen molar-refractivity contribution >= 4 is 22.7 Å². The highest BCUT2D eigenvalue weighted by Crippen LogP contribution is 2.38. The monoisotopic (exact) mass is 339 g/mol. The minimum absolute atomic E-state index is 0.0814. The van der Waals surface area contributed by atoms with E-state index < -0.39 is 0 Å². The predicted octanol–water partition coefficient (Wildman–Crippen LogP) is 3.89.